The minimum absolute atomic E-state index is 0.0391. The van der Waals surface area contributed by atoms with Crippen molar-refractivity contribution in [1.29, 1.82) is 0 Å². The zero-order chi connectivity index (χ0) is 38.8. The van der Waals surface area contributed by atoms with Crippen LogP contribution in [0.2, 0.25) is 0 Å². The largest absolute Gasteiger partial charge is 0.466 e. The summed E-state index contributed by atoms with van der Waals surface area (Å²) in [6.07, 6.45) is 2.29. The van der Waals surface area contributed by atoms with Gasteiger partial charge in [-0.25, -0.2) is 4.79 Å². The predicted octanol–water partition coefficient (Wildman–Crippen LogP) is 3.44. The van der Waals surface area contributed by atoms with Gasteiger partial charge in [-0.05, 0) is 50.3 Å². The number of rotatable bonds is 15. The lowest BCUT2D eigenvalue weighted by atomic mass is 9.42. The summed E-state index contributed by atoms with van der Waals surface area (Å²) in [5.74, 6) is -2.84. The van der Waals surface area contributed by atoms with Crippen molar-refractivity contribution in [3.05, 3.63) is 29.8 Å². The molecule has 3 N–H and O–H groups in total. The normalized spacial score (nSPS) is 42.0. The molecule has 13 heteroatoms. The highest BCUT2D eigenvalue weighted by Gasteiger charge is 2.91. The van der Waals surface area contributed by atoms with Gasteiger partial charge >= 0.3 is 11.9 Å². The van der Waals surface area contributed by atoms with Gasteiger partial charge < -0.3 is 44.0 Å². The molecule has 1 heterocycles. The van der Waals surface area contributed by atoms with Crippen molar-refractivity contribution >= 4 is 23.5 Å². The fraction of sp³-hybridized carbons (Fsp3) is 0.780. The maximum Gasteiger partial charge on any atom is 0.340 e. The van der Waals surface area contributed by atoms with Gasteiger partial charge in [-0.2, -0.15) is 0 Å². The number of carbonyl (C=O) groups is 3. The Kier molecular flexibility index (Phi) is 10.8. The van der Waals surface area contributed by atoms with Crippen LogP contribution < -0.4 is 5.32 Å². The maximum atomic E-state index is 14.1. The fourth-order valence-corrected chi connectivity index (χ4v) is 13.0. The zero-order valence-electron chi connectivity index (χ0n) is 32.9. The van der Waals surface area contributed by atoms with Gasteiger partial charge in [-0.15, -0.1) is 0 Å². The van der Waals surface area contributed by atoms with Crippen LogP contribution in [0.4, 0.5) is 5.69 Å². The van der Waals surface area contributed by atoms with E-state index in [1.165, 1.54) is 0 Å². The number of nitrogens with one attached hydrogen (secondary N) is 1. The molecule has 0 radical (unpaired) electrons. The average molecular weight is 757 g/mol. The van der Waals surface area contributed by atoms with Gasteiger partial charge in [0.05, 0.1) is 61.3 Å². The molecule has 0 aromatic heterocycles. The number of likely N-dealkylation sites (N-methyl/N-ethyl adjacent to an activating group) is 1. The third-order valence-corrected chi connectivity index (χ3v) is 14.9. The Labute approximate surface area is 318 Å². The number of methoxy groups -OCH3 is 4. The second-order valence-electron chi connectivity index (χ2n) is 17.0. The number of likely N-dealkylation sites (tertiary alicyclic amines) is 1. The minimum Gasteiger partial charge on any atom is -0.466 e. The first-order valence-electron chi connectivity index (χ1n) is 19.9. The quantitative estimate of drug-likeness (QED) is 0.177. The Morgan fingerprint density at radius 2 is 1.78 bits per heavy atom. The number of nitrogens with zero attached hydrogens (tertiary/aromatic N) is 1. The molecule has 1 spiro atoms. The van der Waals surface area contributed by atoms with Gasteiger partial charge in [0, 0.05) is 75.9 Å². The second-order valence-corrected chi connectivity index (χ2v) is 17.0. The van der Waals surface area contributed by atoms with Crippen LogP contribution >= 0.6 is 0 Å². The Balaban J connectivity index is 1.21. The number of hydrogen-bond acceptors (Lipinski definition) is 12. The van der Waals surface area contributed by atoms with E-state index in [9.17, 15) is 24.6 Å². The van der Waals surface area contributed by atoms with E-state index >= 15 is 0 Å². The lowest BCUT2D eigenvalue weighted by Gasteiger charge is -2.70. The van der Waals surface area contributed by atoms with Gasteiger partial charge in [0.1, 0.15) is 11.2 Å². The number of aliphatic hydroxyl groups is 2. The summed E-state index contributed by atoms with van der Waals surface area (Å²) in [5, 5.41) is 29.5. The fourth-order valence-electron chi connectivity index (χ4n) is 13.0. The molecule has 14 atom stereocenters. The molecule has 5 aliphatic carbocycles. The molecular weight excluding hydrogens is 696 g/mol. The molecule has 6 fully saturated rings. The average Bonchev–Trinajstić information content (AvgIpc) is 3.58. The van der Waals surface area contributed by atoms with Crippen LogP contribution in [0.1, 0.15) is 76.1 Å². The van der Waals surface area contributed by atoms with Crippen molar-refractivity contribution < 1.29 is 53.0 Å². The molecule has 300 valence electrons. The van der Waals surface area contributed by atoms with Crippen molar-refractivity contribution in [3.8, 4) is 0 Å². The van der Waals surface area contributed by atoms with E-state index in [0.717, 1.165) is 19.3 Å². The third-order valence-electron chi connectivity index (χ3n) is 14.9. The van der Waals surface area contributed by atoms with Crippen molar-refractivity contribution in [1.82, 2.24) is 4.90 Å². The lowest BCUT2D eigenvalue weighted by molar-refractivity contribution is -0.320. The number of ether oxygens (including phenoxy) is 6. The summed E-state index contributed by atoms with van der Waals surface area (Å²) in [5.41, 5.74) is -4.07. The molecular formula is C41H60N2O11. The number of amides is 1. The monoisotopic (exact) mass is 756 g/mol. The van der Waals surface area contributed by atoms with E-state index in [0.29, 0.717) is 38.2 Å². The number of para-hydroxylation sites is 1. The molecule has 6 aliphatic rings. The Bertz CT molecular complexity index is 1590. The first-order valence-corrected chi connectivity index (χ1v) is 19.9. The van der Waals surface area contributed by atoms with Crippen LogP contribution in [0, 0.1) is 40.4 Å². The molecule has 13 nitrogen and oxygen atoms in total. The third kappa shape index (κ3) is 5.39. The first-order chi connectivity index (χ1) is 25.9. The smallest absolute Gasteiger partial charge is 0.340 e. The van der Waals surface area contributed by atoms with Crippen LogP contribution in [0.25, 0.3) is 0 Å². The molecule has 7 rings (SSSR count). The summed E-state index contributed by atoms with van der Waals surface area (Å²) in [6, 6.07) is 6.24. The number of fused-ring (bicyclic) bond motifs is 2. The summed E-state index contributed by atoms with van der Waals surface area (Å²) in [6.45, 7) is 7.23. The molecule has 54 heavy (non-hydrogen) atoms. The summed E-state index contributed by atoms with van der Waals surface area (Å²) < 4.78 is 36.7. The van der Waals surface area contributed by atoms with Gasteiger partial charge in [0.25, 0.3) is 0 Å². The van der Waals surface area contributed by atoms with Gasteiger partial charge in [0.2, 0.25) is 5.91 Å². The van der Waals surface area contributed by atoms with Gasteiger partial charge in [-0.3, -0.25) is 14.5 Å². The lowest BCUT2D eigenvalue weighted by Crippen LogP contribution is -2.82. The van der Waals surface area contributed by atoms with Crippen LogP contribution in [-0.2, 0) is 38.0 Å². The molecule has 5 saturated carbocycles. The summed E-state index contributed by atoms with van der Waals surface area (Å²) in [7, 11) is 6.71. The van der Waals surface area contributed by atoms with Crippen LogP contribution in [0.5, 0.6) is 0 Å². The Morgan fingerprint density at radius 3 is 2.44 bits per heavy atom. The Hall–Kier alpha value is -2.65. The zero-order valence-corrected chi connectivity index (χ0v) is 32.9. The molecule has 1 aromatic carbocycles. The van der Waals surface area contributed by atoms with E-state index in [1.54, 1.807) is 59.6 Å². The molecule has 1 amide bonds. The van der Waals surface area contributed by atoms with Gasteiger partial charge in [-0.1, -0.05) is 39.3 Å². The van der Waals surface area contributed by atoms with Crippen LogP contribution in [-0.4, -0.2) is 129 Å². The van der Waals surface area contributed by atoms with Crippen LogP contribution in [0.3, 0.4) is 0 Å². The number of piperidine rings is 1. The molecule has 1 saturated heterocycles. The van der Waals surface area contributed by atoms with Crippen molar-refractivity contribution in [2.24, 2.45) is 40.4 Å². The van der Waals surface area contributed by atoms with Crippen molar-refractivity contribution in [2.75, 3.05) is 60.1 Å². The van der Waals surface area contributed by atoms with E-state index in [2.05, 4.69) is 17.1 Å². The number of esters is 2. The minimum atomic E-state index is -1.70. The molecule has 1 aromatic rings. The number of anilines is 1. The highest BCUT2D eigenvalue weighted by molar-refractivity contribution is 6.02. The highest BCUT2D eigenvalue weighted by Crippen LogP contribution is 2.80. The summed E-state index contributed by atoms with van der Waals surface area (Å²) >= 11 is 0. The van der Waals surface area contributed by atoms with E-state index < -0.39 is 57.9 Å². The topological polar surface area (TPSA) is 162 Å². The standard InChI is InChI=1S/C41H60N2O11/c1-8-10-17-53-30(44)18-23(3)35(45)42-27-14-12-11-13-24(27)36(46)54-22-38-16-15-29(50-5)40-26-19-25-28(49-4)20-39(47,31(26)32(25)51-6)41(48,34(52-7)33(38)40)37(40)43(9-2)21-38/h11-14,23,25-26,28-29,31-34,37,47-48H,8-10,15-22H2,1-7H3,(H,42,45)/t23-,25+,26+,28-,29-,31+,32+,33+,34-,37-,38-,39+,40-,41+/m0/s1. The second kappa shape index (κ2) is 14.7. The number of unbranched alkanes of at least 4 members (excludes halogenated alkanes) is 1. The van der Waals surface area contributed by atoms with E-state index in [1.807, 2.05) is 6.92 Å². The SMILES string of the molecule is CCCCOC(=O)C[C@H](C)C(=O)Nc1ccccc1C(=O)OC[C@@]12CC[C@H](OC)[C@@]34[C@@H]5C[C@H]6[C@@H](OC)[C@@H]5[C@](O)(C[C@@H]6OC)[C@@](O)([C@@H](OC)[C@H]13)[C@H]4N(CC)C2. The predicted molar refractivity (Wildman–Crippen MR) is 196 cm³/mol. The Morgan fingerprint density at radius 1 is 1.02 bits per heavy atom. The number of benzene rings is 1. The molecule has 1 aliphatic heterocycles. The van der Waals surface area contributed by atoms with E-state index in [-0.39, 0.29) is 67.0 Å². The summed E-state index contributed by atoms with van der Waals surface area (Å²) in [4.78, 5) is 41.9. The van der Waals surface area contributed by atoms with Crippen molar-refractivity contribution in [3.63, 3.8) is 0 Å². The van der Waals surface area contributed by atoms with E-state index in [4.69, 9.17) is 28.4 Å². The van der Waals surface area contributed by atoms with Gasteiger partial charge in [0.15, 0.2) is 0 Å². The molecule has 7 bridgehead atoms. The molecule has 0 unspecified atom stereocenters. The van der Waals surface area contributed by atoms with Crippen molar-refractivity contribution in [2.45, 2.75) is 107 Å². The first kappa shape index (κ1) is 39.6. The highest BCUT2D eigenvalue weighted by atomic mass is 16.5. The maximum absolute atomic E-state index is 14.1. The van der Waals surface area contributed by atoms with Crippen LogP contribution in [0.15, 0.2) is 24.3 Å². The number of hydrogen-bond donors (Lipinski definition) is 3. The number of carbonyl (C=O) groups excluding carboxylic acids is 3.